The molecule has 1 aliphatic rings. The molecule has 0 unspecified atom stereocenters. The highest BCUT2D eigenvalue weighted by molar-refractivity contribution is 6.34. The van der Waals surface area contributed by atoms with Gasteiger partial charge in [0.05, 0.1) is 11.6 Å². The number of piperidine rings is 1. The Bertz CT molecular complexity index is 903. The largest absolute Gasteiger partial charge is 0.444 e. The Labute approximate surface area is 163 Å². The van der Waals surface area contributed by atoms with E-state index >= 15 is 0 Å². The summed E-state index contributed by atoms with van der Waals surface area (Å²) in [6, 6.07) is 7.34. The molecule has 0 spiro atoms. The third kappa shape index (κ3) is 4.58. The van der Waals surface area contributed by atoms with E-state index in [9.17, 15) is 4.79 Å². The van der Waals surface area contributed by atoms with Crippen LogP contribution in [0.2, 0.25) is 5.15 Å². The lowest BCUT2D eigenvalue weighted by molar-refractivity contribution is 0.0206. The second kappa shape index (κ2) is 7.57. The Morgan fingerprint density at radius 2 is 2.15 bits per heavy atom. The van der Waals surface area contributed by atoms with Gasteiger partial charge in [-0.25, -0.2) is 4.79 Å². The molecule has 0 bridgehead atoms. The Kier molecular flexibility index (Phi) is 5.38. The zero-order valence-electron chi connectivity index (χ0n) is 15.6. The number of likely N-dealkylation sites (tertiary alicyclic amines) is 1. The van der Waals surface area contributed by atoms with Crippen LogP contribution in [0.25, 0.3) is 10.8 Å². The van der Waals surface area contributed by atoms with E-state index in [1.165, 1.54) is 0 Å². The number of halogens is 1. The van der Waals surface area contributed by atoms with Gasteiger partial charge in [-0.3, -0.25) is 0 Å². The van der Waals surface area contributed by atoms with Crippen LogP contribution in [-0.4, -0.2) is 45.9 Å². The summed E-state index contributed by atoms with van der Waals surface area (Å²) < 4.78 is 5.47. The van der Waals surface area contributed by atoms with E-state index in [1.807, 2.05) is 20.8 Å². The normalized spacial score (nSPS) is 17.4. The van der Waals surface area contributed by atoms with Crippen molar-refractivity contribution in [3.63, 3.8) is 0 Å². The first-order chi connectivity index (χ1) is 12.8. The van der Waals surface area contributed by atoms with Gasteiger partial charge in [0.25, 0.3) is 0 Å². The van der Waals surface area contributed by atoms with Crippen molar-refractivity contribution < 1.29 is 9.53 Å². The monoisotopic (exact) mass is 387 g/mol. The summed E-state index contributed by atoms with van der Waals surface area (Å²) in [6.45, 7) is 6.74. The van der Waals surface area contributed by atoms with Crippen LogP contribution in [0.15, 0.2) is 18.2 Å². The first-order valence-corrected chi connectivity index (χ1v) is 9.25. The molecule has 1 atom stereocenters. The van der Waals surface area contributed by atoms with E-state index in [1.54, 1.807) is 23.1 Å². The highest BCUT2D eigenvalue weighted by atomic mass is 35.5. The average molecular weight is 388 g/mol. The number of carbonyl (C=O) groups is 1. The highest BCUT2D eigenvalue weighted by Gasteiger charge is 2.28. The van der Waals surface area contributed by atoms with Crippen LogP contribution in [0.1, 0.15) is 39.2 Å². The van der Waals surface area contributed by atoms with Crippen LogP contribution in [0.4, 0.5) is 10.6 Å². The van der Waals surface area contributed by atoms with Gasteiger partial charge in [0.15, 0.2) is 11.0 Å². The quantitative estimate of drug-likeness (QED) is 0.838. The van der Waals surface area contributed by atoms with Crippen molar-refractivity contribution in [2.45, 2.75) is 45.3 Å². The van der Waals surface area contributed by atoms with E-state index in [2.05, 4.69) is 21.6 Å². The molecule has 1 aromatic carbocycles. The minimum atomic E-state index is -0.525. The molecular weight excluding hydrogens is 366 g/mol. The fourth-order valence-electron chi connectivity index (χ4n) is 3.08. The molecule has 1 N–H and O–H groups in total. The number of anilines is 1. The predicted molar refractivity (Wildman–Crippen MR) is 104 cm³/mol. The molecule has 1 amide bonds. The first kappa shape index (κ1) is 19.2. The number of hydrogen-bond acceptors (Lipinski definition) is 6. The van der Waals surface area contributed by atoms with Crippen LogP contribution in [0, 0.1) is 11.3 Å². The van der Waals surface area contributed by atoms with Crippen molar-refractivity contribution in [1.29, 1.82) is 5.26 Å². The summed E-state index contributed by atoms with van der Waals surface area (Å²) in [4.78, 5) is 14.1. The summed E-state index contributed by atoms with van der Waals surface area (Å²) in [5.74, 6) is 0.558. The molecule has 1 fully saturated rings. The maximum Gasteiger partial charge on any atom is 0.410 e. The summed E-state index contributed by atoms with van der Waals surface area (Å²) >= 11 is 6.14. The van der Waals surface area contributed by atoms with E-state index in [0.717, 1.165) is 23.6 Å². The maximum absolute atomic E-state index is 12.3. The van der Waals surface area contributed by atoms with Gasteiger partial charge >= 0.3 is 6.09 Å². The number of fused-ring (bicyclic) bond motifs is 1. The van der Waals surface area contributed by atoms with Crippen LogP contribution < -0.4 is 5.32 Å². The third-order valence-corrected chi connectivity index (χ3v) is 4.56. The Balaban J connectivity index is 1.80. The fraction of sp³-hybridized carbons (Fsp3) is 0.474. The van der Waals surface area contributed by atoms with Gasteiger partial charge in [-0.15, -0.1) is 10.2 Å². The zero-order chi connectivity index (χ0) is 19.6. The van der Waals surface area contributed by atoms with Crippen molar-refractivity contribution >= 4 is 34.3 Å². The number of rotatable bonds is 2. The van der Waals surface area contributed by atoms with E-state index in [4.69, 9.17) is 21.6 Å². The van der Waals surface area contributed by atoms with Crippen molar-refractivity contribution in [2.75, 3.05) is 18.4 Å². The Hall–Kier alpha value is -2.59. The lowest BCUT2D eigenvalue weighted by Gasteiger charge is -2.34. The maximum atomic E-state index is 12.3. The smallest absolute Gasteiger partial charge is 0.410 e. The van der Waals surface area contributed by atoms with Crippen LogP contribution in [0.3, 0.4) is 0 Å². The summed E-state index contributed by atoms with van der Waals surface area (Å²) in [5.41, 5.74) is -0.00290. The summed E-state index contributed by atoms with van der Waals surface area (Å²) in [6.07, 6.45) is 1.44. The minimum absolute atomic E-state index is 0.00989. The molecule has 2 aromatic rings. The molecule has 1 aliphatic heterocycles. The molecule has 0 saturated carbocycles. The number of aromatic nitrogens is 2. The number of hydrogen-bond donors (Lipinski definition) is 1. The number of ether oxygens (including phenoxy) is 1. The Morgan fingerprint density at radius 1 is 1.37 bits per heavy atom. The van der Waals surface area contributed by atoms with Gasteiger partial charge in [-0.1, -0.05) is 11.6 Å². The molecule has 0 radical (unpaired) electrons. The van der Waals surface area contributed by atoms with Gasteiger partial charge in [0.1, 0.15) is 5.60 Å². The molecule has 3 rings (SSSR count). The first-order valence-electron chi connectivity index (χ1n) is 8.87. The topological polar surface area (TPSA) is 91.1 Å². The van der Waals surface area contributed by atoms with Gasteiger partial charge in [0.2, 0.25) is 0 Å². The van der Waals surface area contributed by atoms with Crippen LogP contribution in [-0.2, 0) is 4.74 Å². The van der Waals surface area contributed by atoms with Gasteiger partial charge in [0, 0.05) is 29.9 Å². The van der Waals surface area contributed by atoms with Gasteiger partial charge < -0.3 is 15.0 Å². The molecule has 2 heterocycles. The minimum Gasteiger partial charge on any atom is -0.444 e. The number of nitrogens with zero attached hydrogens (tertiary/aromatic N) is 4. The molecule has 0 aliphatic carbocycles. The predicted octanol–water partition coefficient (Wildman–Crippen LogP) is 3.97. The van der Waals surface area contributed by atoms with Crippen LogP contribution in [0.5, 0.6) is 0 Å². The Morgan fingerprint density at radius 3 is 2.85 bits per heavy atom. The molecule has 8 heteroatoms. The van der Waals surface area contributed by atoms with E-state index < -0.39 is 5.60 Å². The van der Waals surface area contributed by atoms with E-state index in [-0.39, 0.29) is 12.1 Å². The lowest BCUT2D eigenvalue weighted by atomic mass is 10.1. The van der Waals surface area contributed by atoms with Crippen molar-refractivity contribution in [2.24, 2.45) is 0 Å². The second-order valence-corrected chi connectivity index (χ2v) is 7.98. The van der Waals surface area contributed by atoms with Crippen LogP contribution >= 0.6 is 11.6 Å². The molecule has 27 heavy (non-hydrogen) atoms. The van der Waals surface area contributed by atoms with E-state index in [0.29, 0.717) is 29.6 Å². The molecule has 142 valence electrons. The molecular formula is C19H22ClN5O2. The standard InChI is InChI=1S/C19H22ClN5O2/c1-19(2,3)27-18(26)25-8-4-5-13(11-25)22-17-15-9-12(10-21)6-7-14(15)16(20)23-24-17/h6-7,9,13H,4-5,8,11H2,1-3H3,(H,22,24)/t13-/m1/s1. The lowest BCUT2D eigenvalue weighted by Crippen LogP contribution is -2.47. The summed E-state index contributed by atoms with van der Waals surface area (Å²) in [5, 5.41) is 22.5. The number of amides is 1. The molecule has 1 saturated heterocycles. The van der Waals surface area contributed by atoms with Crippen molar-refractivity contribution in [3.8, 4) is 6.07 Å². The fourth-order valence-corrected chi connectivity index (χ4v) is 3.28. The molecule has 1 aromatic heterocycles. The zero-order valence-corrected chi connectivity index (χ0v) is 16.4. The number of benzene rings is 1. The average Bonchev–Trinajstić information content (AvgIpc) is 2.62. The number of nitrogens with one attached hydrogen (secondary N) is 1. The van der Waals surface area contributed by atoms with Gasteiger partial charge in [-0.2, -0.15) is 5.26 Å². The second-order valence-electron chi connectivity index (χ2n) is 7.62. The van der Waals surface area contributed by atoms with Crippen molar-refractivity contribution in [3.05, 3.63) is 28.9 Å². The highest BCUT2D eigenvalue weighted by Crippen LogP contribution is 2.28. The molecule has 7 nitrogen and oxygen atoms in total. The SMILES string of the molecule is CC(C)(C)OC(=O)N1CCC[C@@H](Nc2nnc(Cl)c3ccc(C#N)cc23)C1. The van der Waals surface area contributed by atoms with Crippen molar-refractivity contribution in [1.82, 2.24) is 15.1 Å². The summed E-state index contributed by atoms with van der Waals surface area (Å²) in [7, 11) is 0. The number of carbonyl (C=O) groups excluding carboxylic acids is 1. The third-order valence-electron chi connectivity index (χ3n) is 4.28. The van der Waals surface area contributed by atoms with Gasteiger partial charge in [-0.05, 0) is 51.8 Å². The number of nitriles is 1.